The van der Waals surface area contributed by atoms with E-state index < -0.39 is 5.92 Å². The molecule has 0 saturated carbocycles. The van der Waals surface area contributed by atoms with Crippen molar-refractivity contribution in [2.45, 2.75) is 51.4 Å². The lowest BCUT2D eigenvalue weighted by atomic mass is 9.88. The second kappa shape index (κ2) is 6.64. The molecule has 1 atom stereocenters. The molecule has 1 unspecified atom stereocenters. The highest BCUT2D eigenvalue weighted by molar-refractivity contribution is 7.10. The Kier molecular flexibility index (Phi) is 4.58. The fourth-order valence-electron chi connectivity index (χ4n) is 2.98. The number of thiazole rings is 1. The molecule has 23 heavy (non-hydrogen) atoms. The predicted molar refractivity (Wildman–Crippen MR) is 92.0 cm³/mol. The van der Waals surface area contributed by atoms with Gasteiger partial charge in [0.25, 0.3) is 0 Å². The molecule has 0 aliphatic heterocycles. The first kappa shape index (κ1) is 15.9. The van der Waals surface area contributed by atoms with Gasteiger partial charge in [-0.25, -0.2) is 4.98 Å². The zero-order valence-corrected chi connectivity index (χ0v) is 14.3. The molecule has 0 saturated heterocycles. The maximum atomic E-state index is 12.8. The topological polar surface area (TPSA) is 53.8 Å². The Morgan fingerprint density at radius 2 is 2.00 bits per heavy atom. The molecule has 1 aliphatic rings. The second-order valence-corrected chi connectivity index (χ2v) is 7.27. The van der Waals surface area contributed by atoms with Crippen LogP contribution in [0.25, 0.3) is 0 Å². The Labute approximate surface area is 141 Å². The third kappa shape index (κ3) is 3.20. The highest BCUT2D eigenvalue weighted by Gasteiger charge is 2.26. The number of aryl methyl sites for hydroxylation is 2. The van der Waals surface area contributed by atoms with E-state index in [4.69, 9.17) is 0 Å². The van der Waals surface area contributed by atoms with E-state index in [2.05, 4.69) is 31.0 Å². The predicted octanol–water partition coefficient (Wildman–Crippen LogP) is 4.64. The Morgan fingerprint density at radius 1 is 1.26 bits per heavy atom. The van der Waals surface area contributed by atoms with Gasteiger partial charge >= 0.3 is 0 Å². The average Bonchev–Trinajstić information content (AvgIpc) is 3.05. The van der Waals surface area contributed by atoms with Gasteiger partial charge in [-0.2, -0.15) is 5.26 Å². The summed E-state index contributed by atoms with van der Waals surface area (Å²) in [5, 5.41) is 12.1. The SMILES string of the molecule is CC(C)c1csc(C(C#N)C(=O)c2ccc3c(c2)CCCC3)n1. The molecule has 0 amide bonds. The van der Waals surface area contributed by atoms with Crippen LogP contribution < -0.4 is 0 Å². The van der Waals surface area contributed by atoms with Crippen molar-refractivity contribution in [2.24, 2.45) is 0 Å². The molecule has 3 rings (SSSR count). The second-order valence-electron chi connectivity index (χ2n) is 6.38. The summed E-state index contributed by atoms with van der Waals surface area (Å²) in [6, 6.07) is 8.05. The van der Waals surface area contributed by atoms with E-state index in [1.807, 2.05) is 17.5 Å². The molecule has 1 aromatic heterocycles. The molecular weight excluding hydrogens is 304 g/mol. The summed E-state index contributed by atoms with van der Waals surface area (Å²) in [4.78, 5) is 17.3. The van der Waals surface area contributed by atoms with E-state index in [1.165, 1.54) is 35.3 Å². The van der Waals surface area contributed by atoms with Gasteiger partial charge in [-0.3, -0.25) is 4.79 Å². The highest BCUT2D eigenvalue weighted by Crippen LogP contribution is 2.28. The van der Waals surface area contributed by atoms with Crippen molar-refractivity contribution >= 4 is 17.1 Å². The summed E-state index contributed by atoms with van der Waals surface area (Å²) in [7, 11) is 0. The molecule has 1 aliphatic carbocycles. The summed E-state index contributed by atoms with van der Waals surface area (Å²) in [5.74, 6) is -0.627. The van der Waals surface area contributed by atoms with E-state index in [9.17, 15) is 10.1 Å². The zero-order chi connectivity index (χ0) is 16.4. The van der Waals surface area contributed by atoms with Crippen molar-refractivity contribution in [3.8, 4) is 6.07 Å². The van der Waals surface area contributed by atoms with Gasteiger partial charge in [-0.15, -0.1) is 11.3 Å². The van der Waals surface area contributed by atoms with E-state index in [0.29, 0.717) is 16.5 Å². The van der Waals surface area contributed by atoms with Crippen molar-refractivity contribution < 1.29 is 4.79 Å². The molecule has 4 heteroatoms. The first-order valence-electron chi connectivity index (χ1n) is 8.11. The standard InChI is InChI=1S/C19H20N2OS/c1-12(2)17-11-23-19(21-17)16(10-20)18(22)15-8-7-13-5-3-4-6-14(13)9-15/h7-9,11-12,16H,3-6H2,1-2H3. The largest absolute Gasteiger partial charge is 0.292 e. The highest BCUT2D eigenvalue weighted by atomic mass is 32.1. The molecule has 0 bridgehead atoms. The fraction of sp³-hybridized carbons (Fsp3) is 0.421. The molecule has 0 spiro atoms. The minimum absolute atomic E-state index is 0.134. The Morgan fingerprint density at radius 3 is 2.65 bits per heavy atom. The average molecular weight is 324 g/mol. The maximum absolute atomic E-state index is 12.8. The van der Waals surface area contributed by atoms with Gasteiger partial charge in [0, 0.05) is 10.9 Å². The molecular formula is C19H20N2OS. The van der Waals surface area contributed by atoms with Crippen LogP contribution in [0.3, 0.4) is 0 Å². The van der Waals surface area contributed by atoms with E-state index in [1.54, 1.807) is 0 Å². The minimum atomic E-state index is -0.797. The summed E-state index contributed by atoms with van der Waals surface area (Å²) in [6.07, 6.45) is 4.52. The summed E-state index contributed by atoms with van der Waals surface area (Å²) < 4.78 is 0. The molecule has 2 aromatic rings. The van der Waals surface area contributed by atoms with Gasteiger partial charge in [-0.1, -0.05) is 26.0 Å². The molecule has 1 heterocycles. The van der Waals surface area contributed by atoms with E-state index in [-0.39, 0.29) is 5.78 Å². The van der Waals surface area contributed by atoms with Crippen molar-refractivity contribution in [1.29, 1.82) is 5.26 Å². The van der Waals surface area contributed by atoms with Crippen molar-refractivity contribution in [2.75, 3.05) is 0 Å². The quantitative estimate of drug-likeness (QED) is 0.770. The van der Waals surface area contributed by atoms with Gasteiger partial charge in [0.15, 0.2) is 11.7 Å². The lowest BCUT2D eigenvalue weighted by Gasteiger charge is -2.16. The Bertz CT molecular complexity index is 770. The number of Topliss-reactive ketones (excluding diaryl/α,β-unsaturated/α-hetero) is 1. The lowest BCUT2D eigenvalue weighted by molar-refractivity contribution is 0.0978. The zero-order valence-electron chi connectivity index (χ0n) is 13.5. The van der Waals surface area contributed by atoms with E-state index in [0.717, 1.165) is 18.5 Å². The van der Waals surface area contributed by atoms with Crippen molar-refractivity contribution in [3.05, 3.63) is 51.0 Å². The van der Waals surface area contributed by atoms with Crippen molar-refractivity contribution in [1.82, 2.24) is 4.98 Å². The summed E-state index contributed by atoms with van der Waals surface area (Å²) in [5.41, 5.74) is 4.19. The number of benzene rings is 1. The van der Waals surface area contributed by atoms with Gasteiger partial charge in [0.1, 0.15) is 5.01 Å². The number of ketones is 1. The Balaban J connectivity index is 1.89. The fourth-order valence-corrected chi connectivity index (χ4v) is 4.00. The third-order valence-electron chi connectivity index (χ3n) is 4.40. The van der Waals surface area contributed by atoms with Gasteiger partial charge < -0.3 is 0 Å². The number of carbonyl (C=O) groups is 1. The summed E-state index contributed by atoms with van der Waals surface area (Å²) in [6.45, 7) is 4.12. The first-order valence-corrected chi connectivity index (χ1v) is 8.99. The number of nitrogens with zero attached hydrogens (tertiary/aromatic N) is 2. The number of fused-ring (bicyclic) bond motifs is 1. The van der Waals surface area contributed by atoms with Crippen LogP contribution in [0.15, 0.2) is 23.6 Å². The van der Waals surface area contributed by atoms with Crippen molar-refractivity contribution in [3.63, 3.8) is 0 Å². The van der Waals surface area contributed by atoms with Gasteiger partial charge in [0.2, 0.25) is 0 Å². The summed E-state index contributed by atoms with van der Waals surface area (Å²) >= 11 is 1.41. The van der Waals surface area contributed by atoms with E-state index >= 15 is 0 Å². The number of rotatable bonds is 4. The number of hydrogen-bond acceptors (Lipinski definition) is 4. The molecule has 0 fully saturated rings. The third-order valence-corrected chi connectivity index (χ3v) is 5.33. The Hall–Kier alpha value is -1.99. The minimum Gasteiger partial charge on any atom is -0.292 e. The number of aromatic nitrogens is 1. The van der Waals surface area contributed by atoms with Crippen LogP contribution in [-0.2, 0) is 12.8 Å². The number of hydrogen-bond donors (Lipinski definition) is 0. The van der Waals surface area contributed by atoms with Gasteiger partial charge in [0.05, 0.1) is 11.8 Å². The normalized spacial score (nSPS) is 15.0. The molecule has 0 radical (unpaired) electrons. The molecule has 3 nitrogen and oxygen atoms in total. The number of nitriles is 1. The molecule has 0 N–H and O–H groups in total. The van der Waals surface area contributed by atoms with Crippen LogP contribution >= 0.6 is 11.3 Å². The van der Waals surface area contributed by atoms with Crippen LogP contribution in [0.2, 0.25) is 0 Å². The van der Waals surface area contributed by atoms with Crippen LogP contribution in [0.4, 0.5) is 0 Å². The smallest absolute Gasteiger partial charge is 0.186 e. The van der Waals surface area contributed by atoms with Gasteiger partial charge in [-0.05, 0) is 48.8 Å². The van der Waals surface area contributed by atoms with Crippen LogP contribution in [0, 0.1) is 11.3 Å². The molecule has 118 valence electrons. The van der Waals surface area contributed by atoms with Crippen LogP contribution in [0.1, 0.15) is 70.7 Å². The monoisotopic (exact) mass is 324 g/mol. The maximum Gasteiger partial charge on any atom is 0.186 e. The van der Waals surface area contributed by atoms with Crippen LogP contribution in [-0.4, -0.2) is 10.8 Å². The molecule has 1 aromatic carbocycles. The van der Waals surface area contributed by atoms with Crippen LogP contribution in [0.5, 0.6) is 0 Å². The number of carbonyl (C=O) groups excluding carboxylic acids is 1. The first-order chi connectivity index (χ1) is 11.1. The lowest BCUT2D eigenvalue weighted by Crippen LogP contribution is -2.13.